The molecule has 2 aliphatic rings. The van der Waals surface area contributed by atoms with Crippen molar-refractivity contribution in [2.45, 2.75) is 31.7 Å². The van der Waals surface area contributed by atoms with Crippen LogP contribution in [0.1, 0.15) is 25.7 Å². The largest absolute Gasteiger partial charge is 0.365 e. The summed E-state index contributed by atoms with van der Waals surface area (Å²) in [5, 5.41) is 4.54. The normalized spacial score (nSPS) is 22.0. The fourth-order valence-corrected chi connectivity index (χ4v) is 4.54. The van der Waals surface area contributed by atoms with Crippen molar-refractivity contribution in [1.82, 2.24) is 14.9 Å². The molecule has 0 aromatic carbocycles. The molecule has 22 heavy (non-hydrogen) atoms. The highest BCUT2D eigenvalue weighted by Gasteiger charge is 2.33. The highest BCUT2D eigenvalue weighted by Crippen LogP contribution is 2.33. The summed E-state index contributed by atoms with van der Waals surface area (Å²) in [7, 11) is 0. The van der Waals surface area contributed by atoms with E-state index in [0.717, 1.165) is 52.2 Å². The molecule has 0 unspecified atom stereocenters. The Morgan fingerprint density at radius 2 is 2.23 bits per heavy atom. The fraction of sp³-hybridized carbons (Fsp3) is 0.533. The van der Waals surface area contributed by atoms with Gasteiger partial charge in [0.25, 0.3) is 0 Å². The van der Waals surface area contributed by atoms with Gasteiger partial charge in [-0.25, -0.2) is 9.97 Å². The first-order valence-corrected chi connectivity index (χ1v) is 9.27. The number of anilines is 1. The Balaban J connectivity index is 1.46. The number of carbonyl (C=O) groups is 1. The van der Waals surface area contributed by atoms with Crippen LogP contribution in [-0.2, 0) is 4.79 Å². The van der Waals surface area contributed by atoms with Crippen molar-refractivity contribution < 1.29 is 4.79 Å². The summed E-state index contributed by atoms with van der Waals surface area (Å²) in [5.74, 6) is 1.51. The van der Waals surface area contributed by atoms with Crippen LogP contribution < -0.4 is 5.32 Å². The number of rotatable bonds is 3. The van der Waals surface area contributed by atoms with E-state index < -0.39 is 0 Å². The summed E-state index contributed by atoms with van der Waals surface area (Å²) < 4.78 is 1.05. The molecule has 4 rings (SSSR count). The Kier molecular flexibility index (Phi) is 3.78. The molecule has 0 bridgehead atoms. The number of thiophene rings is 1. The Hall–Kier alpha value is -1.21. The second-order valence-corrected chi connectivity index (χ2v) is 8.44. The minimum absolute atomic E-state index is 0.279. The van der Waals surface area contributed by atoms with Gasteiger partial charge in [0.1, 0.15) is 17.0 Å². The van der Waals surface area contributed by atoms with E-state index in [9.17, 15) is 4.79 Å². The van der Waals surface area contributed by atoms with Crippen LogP contribution in [0.2, 0.25) is 0 Å². The monoisotopic (exact) mass is 380 g/mol. The van der Waals surface area contributed by atoms with Crippen LogP contribution in [-0.4, -0.2) is 39.9 Å². The van der Waals surface area contributed by atoms with Crippen molar-refractivity contribution in [3.8, 4) is 0 Å². The zero-order valence-corrected chi connectivity index (χ0v) is 14.5. The maximum Gasteiger partial charge on any atom is 0.225 e. The van der Waals surface area contributed by atoms with Gasteiger partial charge in [-0.2, -0.15) is 0 Å². The van der Waals surface area contributed by atoms with Gasteiger partial charge in [-0.1, -0.05) is 6.42 Å². The second-order valence-electron chi connectivity index (χ2n) is 6.03. The summed E-state index contributed by atoms with van der Waals surface area (Å²) in [6.45, 7) is 1.64. The SMILES string of the molecule is O=C(C1CCC1)N1CC[C@H](Nc2ncnc3sc(Br)cc23)C1. The third-order valence-electron chi connectivity index (χ3n) is 4.59. The van der Waals surface area contributed by atoms with Crippen molar-refractivity contribution >= 4 is 49.2 Å². The quantitative estimate of drug-likeness (QED) is 0.887. The molecule has 1 N–H and O–H groups in total. The van der Waals surface area contributed by atoms with E-state index in [1.54, 1.807) is 17.7 Å². The predicted molar refractivity (Wildman–Crippen MR) is 91.1 cm³/mol. The van der Waals surface area contributed by atoms with Crippen molar-refractivity contribution in [2.24, 2.45) is 5.92 Å². The number of carbonyl (C=O) groups excluding carboxylic acids is 1. The lowest BCUT2D eigenvalue weighted by Gasteiger charge is -2.29. The first kappa shape index (κ1) is 14.4. The zero-order valence-electron chi connectivity index (χ0n) is 12.1. The van der Waals surface area contributed by atoms with E-state index in [-0.39, 0.29) is 12.0 Å². The molecule has 2 aromatic rings. The van der Waals surface area contributed by atoms with Gasteiger partial charge < -0.3 is 10.2 Å². The van der Waals surface area contributed by atoms with Gasteiger partial charge in [-0.05, 0) is 41.3 Å². The van der Waals surface area contributed by atoms with Gasteiger partial charge >= 0.3 is 0 Å². The molecular formula is C15H17BrN4OS. The molecule has 0 radical (unpaired) electrons. The molecule has 1 amide bonds. The van der Waals surface area contributed by atoms with Gasteiger partial charge in [0, 0.05) is 25.0 Å². The van der Waals surface area contributed by atoms with E-state index >= 15 is 0 Å². The summed E-state index contributed by atoms with van der Waals surface area (Å²) in [6, 6.07) is 2.33. The maximum atomic E-state index is 12.3. The van der Waals surface area contributed by atoms with Crippen molar-refractivity contribution in [3.05, 3.63) is 16.2 Å². The van der Waals surface area contributed by atoms with E-state index in [1.807, 2.05) is 4.90 Å². The van der Waals surface area contributed by atoms with Gasteiger partial charge in [0.05, 0.1) is 9.17 Å². The number of hydrogen-bond acceptors (Lipinski definition) is 5. The Bertz CT molecular complexity index is 715. The highest BCUT2D eigenvalue weighted by molar-refractivity contribution is 9.11. The summed E-state index contributed by atoms with van der Waals surface area (Å²) in [5.41, 5.74) is 0. The zero-order chi connectivity index (χ0) is 15.1. The Labute approximate surface area is 141 Å². The van der Waals surface area contributed by atoms with Crippen LogP contribution >= 0.6 is 27.3 Å². The molecule has 1 aliphatic carbocycles. The van der Waals surface area contributed by atoms with Crippen LogP contribution in [0.25, 0.3) is 10.2 Å². The maximum absolute atomic E-state index is 12.3. The number of amides is 1. The van der Waals surface area contributed by atoms with Crippen LogP contribution in [0.5, 0.6) is 0 Å². The van der Waals surface area contributed by atoms with Crippen LogP contribution in [0.15, 0.2) is 16.2 Å². The molecule has 3 heterocycles. The second kappa shape index (κ2) is 5.77. The average molecular weight is 381 g/mol. The lowest BCUT2D eigenvalue weighted by atomic mass is 9.84. The summed E-state index contributed by atoms with van der Waals surface area (Å²) in [6.07, 6.45) is 5.93. The number of aromatic nitrogens is 2. The third kappa shape index (κ3) is 2.60. The molecular weight excluding hydrogens is 364 g/mol. The molecule has 0 spiro atoms. The summed E-state index contributed by atoms with van der Waals surface area (Å²) >= 11 is 5.11. The number of halogens is 1. The standard InChI is InChI=1S/C15H17BrN4OS/c16-12-6-11-13(17-8-18-14(11)22-12)19-10-4-5-20(7-10)15(21)9-2-1-3-9/h6,8-10H,1-5,7H2,(H,17,18,19)/t10-/m0/s1. The third-order valence-corrected chi connectivity index (χ3v) is 6.14. The van der Waals surface area contributed by atoms with Crippen LogP contribution in [0.4, 0.5) is 5.82 Å². The summed E-state index contributed by atoms with van der Waals surface area (Å²) in [4.78, 5) is 24.0. The molecule has 2 aromatic heterocycles. The van der Waals surface area contributed by atoms with Gasteiger partial charge in [-0.15, -0.1) is 11.3 Å². The molecule has 1 atom stereocenters. The first-order chi connectivity index (χ1) is 10.7. The lowest BCUT2D eigenvalue weighted by Crippen LogP contribution is -2.38. The molecule has 2 fully saturated rings. The molecule has 1 saturated heterocycles. The van der Waals surface area contributed by atoms with Crippen molar-refractivity contribution in [3.63, 3.8) is 0 Å². The molecule has 5 nitrogen and oxygen atoms in total. The Morgan fingerprint density at radius 1 is 1.36 bits per heavy atom. The van der Waals surface area contributed by atoms with E-state index in [0.29, 0.717) is 5.91 Å². The highest BCUT2D eigenvalue weighted by atomic mass is 79.9. The van der Waals surface area contributed by atoms with Crippen LogP contribution in [0, 0.1) is 5.92 Å². The average Bonchev–Trinajstić information content (AvgIpc) is 3.03. The van der Waals surface area contributed by atoms with Crippen molar-refractivity contribution in [2.75, 3.05) is 18.4 Å². The molecule has 7 heteroatoms. The number of hydrogen-bond donors (Lipinski definition) is 1. The van der Waals surface area contributed by atoms with Gasteiger partial charge in [0.15, 0.2) is 0 Å². The number of nitrogens with zero attached hydrogens (tertiary/aromatic N) is 3. The number of nitrogens with one attached hydrogen (secondary N) is 1. The van der Waals surface area contributed by atoms with Crippen LogP contribution in [0.3, 0.4) is 0 Å². The van der Waals surface area contributed by atoms with Crippen molar-refractivity contribution in [1.29, 1.82) is 0 Å². The molecule has 116 valence electrons. The van der Waals surface area contributed by atoms with E-state index in [2.05, 4.69) is 37.3 Å². The van der Waals surface area contributed by atoms with E-state index in [1.165, 1.54) is 6.42 Å². The van der Waals surface area contributed by atoms with Gasteiger partial charge in [-0.3, -0.25) is 4.79 Å². The topological polar surface area (TPSA) is 58.1 Å². The number of likely N-dealkylation sites (tertiary alicyclic amines) is 1. The molecule has 1 aliphatic heterocycles. The van der Waals surface area contributed by atoms with Gasteiger partial charge in [0.2, 0.25) is 5.91 Å². The molecule has 1 saturated carbocycles. The first-order valence-electron chi connectivity index (χ1n) is 7.66. The minimum Gasteiger partial charge on any atom is -0.365 e. The number of fused-ring (bicyclic) bond motifs is 1. The minimum atomic E-state index is 0.279. The lowest BCUT2D eigenvalue weighted by molar-refractivity contribution is -0.137. The predicted octanol–water partition coefficient (Wildman–Crippen LogP) is 3.27. The smallest absolute Gasteiger partial charge is 0.225 e. The van der Waals surface area contributed by atoms with E-state index in [4.69, 9.17) is 0 Å². The Morgan fingerprint density at radius 3 is 3.00 bits per heavy atom. The fourth-order valence-electron chi connectivity index (χ4n) is 3.13.